The molecule has 2 amide bonds. The van der Waals surface area contributed by atoms with Crippen LogP contribution in [0.1, 0.15) is 25.7 Å². The summed E-state index contributed by atoms with van der Waals surface area (Å²) in [6.07, 6.45) is 3.18. The second-order valence-corrected chi connectivity index (χ2v) is 5.30. The van der Waals surface area contributed by atoms with Crippen LogP contribution in [0.4, 0.5) is 10.5 Å². The third kappa shape index (κ3) is 3.14. The molecule has 7 heteroatoms. The third-order valence-corrected chi connectivity index (χ3v) is 3.76. The number of amidine groups is 1. The van der Waals surface area contributed by atoms with Crippen LogP contribution in [0.2, 0.25) is 5.02 Å². The number of amides is 2. The summed E-state index contributed by atoms with van der Waals surface area (Å²) < 4.78 is 0. The van der Waals surface area contributed by atoms with Crippen molar-refractivity contribution in [1.82, 2.24) is 5.32 Å². The van der Waals surface area contributed by atoms with Crippen LogP contribution in [0, 0.1) is 0 Å². The molecular formula is C13H17ClN4O2. The number of nitrogens with one attached hydrogen (secondary N) is 2. The first-order valence-electron chi connectivity index (χ1n) is 6.38. The Morgan fingerprint density at radius 2 is 1.90 bits per heavy atom. The van der Waals surface area contributed by atoms with Crippen molar-refractivity contribution in [2.75, 3.05) is 5.32 Å². The Kier molecular flexibility index (Phi) is 4.34. The van der Waals surface area contributed by atoms with E-state index in [1.54, 1.807) is 24.3 Å². The minimum atomic E-state index is -0.759. The van der Waals surface area contributed by atoms with E-state index in [0.29, 0.717) is 23.6 Å². The molecule has 0 heterocycles. The number of hydrogen-bond acceptors (Lipinski definition) is 3. The fraction of sp³-hybridized carbons (Fsp3) is 0.385. The number of anilines is 1. The molecule has 0 atom stereocenters. The first-order valence-corrected chi connectivity index (χ1v) is 6.76. The minimum Gasteiger partial charge on any atom is -0.409 e. The lowest BCUT2D eigenvalue weighted by atomic mass is 9.96. The fourth-order valence-electron chi connectivity index (χ4n) is 2.43. The van der Waals surface area contributed by atoms with Gasteiger partial charge in [-0.05, 0) is 37.1 Å². The van der Waals surface area contributed by atoms with Crippen molar-refractivity contribution in [3.8, 4) is 0 Å². The molecule has 1 aromatic rings. The fourth-order valence-corrected chi connectivity index (χ4v) is 2.56. The van der Waals surface area contributed by atoms with Gasteiger partial charge in [-0.1, -0.05) is 29.6 Å². The molecule has 6 nitrogen and oxygen atoms in total. The lowest BCUT2D eigenvalue weighted by molar-refractivity contribution is 0.243. The van der Waals surface area contributed by atoms with Crippen LogP contribution < -0.4 is 16.4 Å². The average molecular weight is 297 g/mol. The highest BCUT2D eigenvalue weighted by atomic mass is 35.5. The first-order chi connectivity index (χ1) is 9.55. The molecule has 1 saturated carbocycles. The Balaban J connectivity index is 2.04. The number of carbonyl (C=O) groups excluding carboxylic acids is 1. The number of nitrogens with two attached hydrogens (primary N) is 1. The number of oxime groups is 1. The SMILES string of the molecule is N/C(=N/O)C1(NC(=O)Nc2ccc(Cl)cc2)CCCC1. The van der Waals surface area contributed by atoms with Crippen LogP contribution in [0.3, 0.4) is 0 Å². The predicted molar refractivity (Wildman–Crippen MR) is 78.2 cm³/mol. The lowest BCUT2D eigenvalue weighted by Crippen LogP contribution is -2.56. The summed E-state index contributed by atoms with van der Waals surface area (Å²) in [5.74, 6) is 0.0428. The zero-order valence-electron chi connectivity index (χ0n) is 10.9. The van der Waals surface area contributed by atoms with Gasteiger partial charge in [0, 0.05) is 10.7 Å². The van der Waals surface area contributed by atoms with Gasteiger partial charge in [-0.15, -0.1) is 0 Å². The summed E-state index contributed by atoms with van der Waals surface area (Å²) in [4.78, 5) is 12.0. The molecule has 0 saturated heterocycles. The Labute approximate surface area is 122 Å². The molecule has 0 spiro atoms. The van der Waals surface area contributed by atoms with Crippen molar-refractivity contribution in [2.45, 2.75) is 31.2 Å². The van der Waals surface area contributed by atoms with Gasteiger partial charge < -0.3 is 21.6 Å². The quantitative estimate of drug-likeness (QED) is 0.298. The van der Waals surface area contributed by atoms with E-state index in [2.05, 4.69) is 15.8 Å². The van der Waals surface area contributed by atoms with Gasteiger partial charge in [-0.25, -0.2) is 4.79 Å². The molecule has 1 aromatic carbocycles. The number of nitrogens with zero attached hydrogens (tertiary/aromatic N) is 1. The predicted octanol–water partition coefficient (Wildman–Crippen LogP) is 2.52. The Hall–Kier alpha value is -1.95. The number of urea groups is 1. The molecule has 1 aliphatic carbocycles. The van der Waals surface area contributed by atoms with Crippen molar-refractivity contribution in [1.29, 1.82) is 0 Å². The molecule has 108 valence electrons. The maximum absolute atomic E-state index is 12.0. The molecule has 2 rings (SSSR count). The van der Waals surface area contributed by atoms with Gasteiger partial charge in [0.15, 0.2) is 5.84 Å². The van der Waals surface area contributed by atoms with E-state index >= 15 is 0 Å². The zero-order chi connectivity index (χ0) is 14.6. The van der Waals surface area contributed by atoms with Crippen LogP contribution in [-0.2, 0) is 0 Å². The second-order valence-electron chi connectivity index (χ2n) is 4.86. The smallest absolute Gasteiger partial charge is 0.320 e. The van der Waals surface area contributed by atoms with E-state index < -0.39 is 5.54 Å². The highest BCUT2D eigenvalue weighted by Crippen LogP contribution is 2.30. The standard InChI is InChI=1S/C13H17ClN4O2/c14-9-3-5-10(6-4-9)16-12(19)17-13(11(15)18-20)7-1-2-8-13/h3-6,20H,1-2,7-8H2,(H2,15,18)(H2,16,17,19). The van der Waals surface area contributed by atoms with E-state index in [1.807, 2.05) is 0 Å². The molecule has 20 heavy (non-hydrogen) atoms. The summed E-state index contributed by atoms with van der Waals surface area (Å²) in [5, 5.41) is 18.0. The van der Waals surface area contributed by atoms with Gasteiger partial charge in [0.25, 0.3) is 0 Å². The average Bonchev–Trinajstić information content (AvgIpc) is 2.90. The molecule has 0 aromatic heterocycles. The molecule has 1 aliphatic rings. The Bertz CT molecular complexity index is 510. The lowest BCUT2D eigenvalue weighted by Gasteiger charge is -2.28. The topological polar surface area (TPSA) is 99.7 Å². The number of hydrogen-bond donors (Lipinski definition) is 4. The maximum atomic E-state index is 12.0. The van der Waals surface area contributed by atoms with Gasteiger partial charge in [-0.2, -0.15) is 0 Å². The summed E-state index contributed by atoms with van der Waals surface area (Å²) in [6, 6.07) is 6.39. The maximum Gasteiger partial charge on any atom is 0.320 e. The molecule has 0 aliphatic heterocycles. The number of benzene rings is 1. The van der Waals surface area contributed by atoms with Crippen molar-refractivity contribution >= 4 is 29.2 Å². The minimum absolute atomic E-state index is 0.0428. The van der Waals surface area contributed by atoms with E-state index in [-0.39, 0.29) is 11.9 Å². The molecule has 0 unspecified atom stereocenters. The highest BCUT2D eigenvalue weighted by Gasteiger charge is 2.39. The van der Waals surface area contributed by atoms with Gasteiger partial charge >= 0.3 is 6.03 Å². The van der Waals surface area contributed by atoms with Crippen molar-refractivity contribution in [2.24, 2.45) is 10.9 Å². The van der Waals surface area contributed by atoms with Crippen LogP contribution in [0.25, 0.3) is 0 Å². The van der Waals surface area contributed by atoms with Crippen LogP contribution >= 0.6 is 11.6 Å². The van der Waals surface area contributed by atoms with Crippen molar-refractivity contribution in [3.05, 3.63) is 29.3 Å². The van der Waals surface area contributed by atoms with Crippen molar-refractivity contribution in [3.63, 3.8) is 0 Å². The van der Waals surface area contributed by atoms with E-state index in [1.165, 1.54) is 0 Å². The highest BCUT2D eigenvalue weighted by molar-refractivity contribution is 6.30. The van der Waals surface area contributed by atoms with E-state index in [0.717, 1.165) is 12.8 Å². The summed E-state index contributed by atoms with van der Waals surface area (Å²) in [7, 11) is 0. The molecule has 1 fully saturated rings. The Morgan fingerprint density at radius 3 is 2.45 bits per heavy atom. The van der Waals surface area contributed by atoms with Gasteiger partial charge in [0.1, 0.15) is 5.54 Å². The number of carbonyl (C=O) groups is 1. The van der Waals surface area contributed by atoms with E-state index in [4.69, 9.17) is 22.5 Å². The Morgan fingerprint density at radius 1 is 1.30 bits per heavy atom. The largest absolute Gasteiger partial charge is 0.409 e. The summed E-state index contributed by atoms with van der Waals surface area (Å²) in [6.45, 7) is 0. The molecule has 0 bridgehead atoms. The van der Waals surface area contributed by atoms with Crippen molar-refractivity contribution < 1.29 is 10.0 Å². The van der Waals surface area contributed by atoms with Crippen LogP contribution in [0.5, 0.6) is 0 Å². The van der Waals surface area contributed by atoms with Crippen LogP contribution in [0.15, 0.2) is 29.4 Å². The zero-order valence-corrected chi connectivity index (χ0v) is 11.7. The summed E-state index contributed by atoms with van der Waals surface area (Å²) >= 11 is 5.78. The van der Waals surface area contributed by atoms with Gasteiger partial charge in [0.05, 0.1) is 0 Å². The first kappa shape index (κ1) is 14.5. The molecule has 0 radical (unpaired) electrons. The van der Waals surface area contributed by atoms with Gasteiger partial charge in [0.2, 0.25) is 0 Å². The van der Waals surface area contributed by atoms with Crippen LogP contribution in [-0.4, -0.2) is 22.6 Å². The number of rotatable bonds is 3. The third-order valence-electron chi connectivity index (χ3n) is 3.51. The normalized spacial score (nSPS) is 17.8. The molecular weight excluding hydrogens is 280 g/mol. The van der Waals surface area contributed by atoms with E-state index in [9.17, 15) is 4.79 Å². The second kappa shape index (κ2) is 6.00. The number of halogens is 1. The van der Waals surface area contributed by atoms with Gasteiger partial charge in [-0.3, -0.25) is 0 Å². The monoisotopic (exact) mass is 296 g/mol. The molecule has 5 N–H and O–H groups in total. The summed E-state index contributed by atoms with van der Waals surface area (Å²) in [5.41, 5.74) is 5.58.